The normalized spacial score (nSPS) is 17.4. The van der Waals surface area contributed by atoms with Gasteiger partial charge in [-0.3, -0.25) is 9.97 Å². The summed E-state index contributed by atoms with van der Waals surface area (Å²) in [5.74, 6) is 7.34. The molecule has 2 aromatic heterocycles. The minimum Gasteiger partial charge on any atom is -0.255 e. The molecule has 1 fully saturated rings. The van der Waals surface area contributed by atoms with Crippen molar-refractivity contribution >= 4 is 0 Å². The topological polar surface area (TPSA) is 25.8 Å². The molecule has 0 saturated heterocycles. The number of rotatable bonds is 1. The van der Waals surface area contributed by atoms with Gasteiger partial charge in [-0.25, -0.2) is 0 Å². The summed E-state index contributed by atoms with van der Waals surface area (Å²) in [4.78, 5) is 8.37. The van der Waals surface area contributed by atoms with Crippen molar-refractivity contribution in [1.82, 2.24) is 9.97 Å². The summed E-state index contributed by atoms with van der Waals surface area (Å²) in [5, 5.41) is 0. The van der Waals surface area contributed by atoms with Gasteiger partial charge in [0.15, 0.2) is 0 Å². The minimum absolute atomic E-state index is 0. The van der Waals surface area contributed by atoms with E-state index < -0.39 is 0 Å². The van der Waals surface area contributed by atoms with Gasteiger partial charge >= 0.3 is 19.5 Å². The standard InChI is InChI=1S/C10H8N2.C10H15.Rh/c1-3-7-11-9(5-1)10-6-2-4-8-12-10;1-6-7(2)9(4)10(5)8(6)3;/h1-8H;1-5H3;/q;;+3. The molecule has 2 nitrogen and oxygen atoms in total. The van der Waals surface area contributed by atoms with Crippen LogP contribution in [0.15, 0.2) is 48.8 Å². The Bertz CT molecular complexity index is 476. The fourth-order valence-corrected chi connectivity index (χ4v) is 2.43. The van der Waals surface area contributed by atoms with Gasteiger partial charge in [0.25, 0.3) is 0 Å². The van der Waals surface area contributed by atoms with E-state index >= 15 is 0 Å². The van der Waals surface area contributed by atoms with Crippen molar-refractivity contribution < 1.29 is 19.5 Å². The van der Waals surface area contributed by atoms with Crippen molar-refractivity contribution in [3.63, 3.8) is 0 Å². The van der Waals surface area contributed by atoms with E-state index in [1.165, 1.54) is 29.6 Å². The third-order valence-electron chi connectivity index (χ3n) is 4.40. The summed E-state index contributed by atoms with van der Waals surface area (Å²) < 4.78 is 0. The first kappa shape index (κ1) is 20.0. The number of aromatic nitrogens is 2. The molecule has 1 aliphatic carbocycles. The Balaban J connectivity index is 0.000000224. The first-order chi connectivity index (χ1) is 10.5. The first-order valence-corrected chi connectivity index (χ1v) is 7.54. The fraction of sp³-hybridized carbons (Fsp3) is 0.250. The van der Waals surface area contributed by atoms with Gasteiger partial charge in [0, 0.05) is 12.4 Å². The second kappa shape index (κ2) is 9.28. The summed E-state index contributed by atoms with van der Waals surface area (Å²) in [7, 11) is 0. The zero-order valence-corrected chi connectivity index (χ0v) is 16.0. The molecular formula is C20H23N2Rh+3. The van der Waals surface area contributed by atoms with Crippen molar-refractivity contribution in [3.8, 4) is 11.4 Å². The molecule has 1 saturated carbocycles. The van der Waals surface area contributed by atoms with Crippen LogP contribution in [-0.4, -0.2) is 9.97 Å². The average molecular weight is 394 g/mol. The van der Waals surface area contributed by atoms with Crippen molar-refractivity contribution in [2.45, 2.75) is 34.6 Å². The van der Waals surface area contributed by atoms with Crippen LogP contribution in [0.1, 0.15) is 34.6 Å². The van der Waals surface area contributed by atoms with Crippen molar-refractivity contribution in [2.75, 3.05) is 0 Å². The van der Waals surface area contributed by atoms with E-state index in [1.807, 2.05) is 36.4 Å². The maximum atomic E-state index is 4.19. The Morgan fingerprint density at radius 2 is 0.826 bits per heavy atom. The third-order valence-corrected chi connectivity index (χ3v) is 4.40. The maximum Gasteiger partial charge on any atom is 3.00 e. The fourth-order valence-electron chi connectivity index (χ4n) is 2.43. The first-order valence-electron chi connectivity index (χ1n) is 7.54. The molecule has 2 aromatic rings. The van der Waals surface area contributed by atoms with Gasteiger partial charge in [0.1, 0.15) is 0 Å². The van der Waals surface area contributed by atoms with Crippen molar-refractivity contribution in [1.29, 1.82) is 0 Å². The van der Waals surface area contributed by atoms with E-state index in [2.05, 4.69) is 44.6 Å². The number of nitrogens with zero attached hydrogens (tertiary/aromatic N) is 2. The Kier molecular flexibility index (Phi) is 8.05. The second-order valence-corrected chi connectivity index (χ2v) is 5.55. The molecule has 2 heterocycles. The van der Waals surface area contributed by atoms with Gasteiger partial charge in [-0.1, -0.05) is 46.8 Å². The van der Waals surface area contributed by atoms with Gasteiger partial charge in [-0.15, -0.1) is 0 Å². The van der Waals surface area contributed by atoms with E-state index in [0.717, 1.165) is 11.4 Å². The summed E-state index contributed by atoms with van der Waals surface area (Å²) in [6.07, 6.45) is 3.54. The van der Waals surface area contributed by atoms with E-state index in [4.69, 9.17) is 0 Å². The Hall–Kier alpha value is -1.08. The zero-order valence-electron chi connectivity index (χ0n) is 14.3. The van der Waals surface area contributed by atoms with Crippen LogP contribution in [0.4, 0.5) is 0 Å². The largest absolute Gasteiger partial charge is 3.00 e. The summed E-state index contributed by atoms with van der Waals surface area (Å²) >= 11 is 0. The molecule has 0 unspecified atom stereocenters. The van der Waals surface area contributed by atoms with Crippen LogP contribution in [-0.2, 0) is 19.5 Å². The van der Waals surface area contributed by atoms with Crippen LogP contribution in [0.2, 0.25) is 0 Å². The quantitative estimate of drug-likeness (QED) is 0.628. The molecule has 0 amide bonds. The SMILES string of the molecule is C[C]1[C](C)[C](C)[C](C)[C]1C.[Rh+3].c1ccc(-c2ccccn2)nc1. The van der Waals surface area contributed by atoms with Crippen LogP contribution >= 0.6 is 0 Å². The molecule has 5 radical (unpaired) electrons. The molecule has 119 valence electrons. The van der Waals surface area contributed by atoms with Crippen LogP contribution in [0.25, 0.3) is 11.4 Å². The van der Waals surface area contributed by atoms with Crippen LogP contribution < -0.4 is 0 Å². The van der Waals surface area contributed by atoms with Gasteiger partial charge in [0.05, 0.1) is 11.4 Å². The molecule has 0 spiro atoms. The summed E-state index contributed by atoms with van der Waals surface area (Å²) in [6, 6.07) is 11.6. The molecule has 3 heteroatoms. The van der Waals surface area contributed by atoms with E-state index in [9.17, 15) is 0 Å². The molecule has 0 bridgehead atoms. The third kappa shape index (κ3) is 4.95. The minimum atomic E-state index is 0. The molecular weight excluding hydrogens is 371 g/mol. The van der Waals surface area contributed by atoms with E-state index in [0.29, 0.717) is 0 Å². The predicted molar refractivity (Wildman–Crippen MR) is 92.1 cm³/mol. The van der Waals surface area contributed by atoms with Crippen LogP contribution in [0, 0.1) is 29.6 Å². The van der Waals surface area contributed by atoms with Crippen molar-refractivity contribution in [3.05, 3.63) is 78.4 Å². The molecule has 0 atom stereocenters. The summed E-state index contributed by atoms with van der Waals surface area (Å²) in [6.45, 7) is 11.0. The van der Waals surface area contributed by atoms with Gasteiger partial charge in [0.2, 0.25) is 0 Å². The molecule has 0 aliphatic heterocycles. The molecule has 0 aromatic carbocycles. The summed E-state index contributed by atoms with van der Waals surface area (Å²) in [5.41, 5.74) is 1.83. The Labute approximate surface area is 153 Å². The second-order valence-electron chi connectivity index (χ2n) is 5.55. The molecule has 0 N–H and O–H groups in total. The molecule has 23 heavy (non-hydrogen) atoms. The zero-order chi connectivity index (χ0) is 16.1. The van der Waals surface area contributed by atoms with Crippen LogP contribution in [0.5, 0.6) is 0 Å². The average Bonchev–Trinajstić information content (AvgIpc) is 2.75. The molecule has 3 rings (SSSR count). The van der Waals surface area contributed by atoms with E-state index in [1.54, 1.807) is 12.4 Å². The Morgan fingerprint density at radius 1 is 0.522 bits per heavy atom. The number of hydrogen-bond acceptors (Lipinski definition) is 2. The van der Waals surface area contributed by atoms with E-state index in [-0.39, 0.29) is 19.5 Å². The predicted octanol–water partition coefficient (Wildman–Crippen LogP) is 5.11. The Morgan fingerprint density at radius 3 is 1.04 bits per heavy atom. The smallest absolute Gasteiger partial charge is 0.255 e. The van der Waals surface area contributed by atoms with Gasteiger partial charge < -0.3 is 0 Å². The van der Waals surface area contributed by atoms with Crippen LogP contribution in [0.3, 0.4) is 0 Å². The maximum absolute atomic E-state index is 4.19. The van der Waals surface area contributed by atoms with Crippen molar-refractivity contribution in [2.24, 2.45) is 0 Å². The number of pyridine rings is 2. The molecule has 1 aliphatic rings. The monoisotopic (exact) mass is 394 g/mol. The number of hydrogen-bond donors (Lipinski definition) is 0. The van der Waals surface area contributed by atoms with Gasteiger partial charge in [-0.2, -0.15) is 0 Å². The van der Waals surface area contributed by atoms with Gasteiger partial charge in [-0.05, 0) is 53.9 Å².